The van der Waals surface area contributed by atoms with E-state index in [0.717, 1.165) is 11.1 Å². The highest BCUT2D eigenvalue weighted by Gasteiger charge is 2.17. The number of hydrogen-bond acceptors (Lipinski definition) is 4. The summed E-state index contributed by atoms with van der Waals surface area (Å²) in [5.74, 6) is 0.892. The molecular weight excluding hydrogens is 276 g/mol. The molecule has 0 saturated heterocycles. The summed E-state index contributed by atoms with van der Waals surface area (Å²) < 4.78 is 5.36. The Morgan fingerprint density at radius 3 is 2.00 bits per heavy atom. The molecule has 0 fully saturated rings. The van der Waals surface area contributed by atoms with Gasteiger partial charge in [0.05, 0.1) is 7.11 Å². The smallest absolute Gasteiger partial charge is 0.174 e. The number of benzene rings is 2. The van der Waals surface area contributed by atoms with Crippen molar-refractivity contribution < 1.29 is 9.53 Å². The predicted molar refractivity (Wildman–Crippen MR) is 84.8 cm³/mol. The van der Waals surface area contributed by atoms with E-state index >= 15 is 0 Å². The molecule has 0 amide bonds. The Labute approximate surface area is 128 Å². The van der Waals surface area contributed by atoms with Crippen molar-refractivity contribution in [3.8, 4) is 28.4 Å². The topological polar surface area (TPSA) is 52.1 Å². The third kappa shape index (κ3) is 2.59. The minimum Gasteiger partial charge on any atom is -0.492 e. The van der Waals surface area contributed by atoms with E-state index in [1.54, 1.807) is 0 Å². The number of hydrogen-bond donors (Lipinski definition) is 0. The van der Waals surface area contributed by atoms with E-state index in [4.69, 9.17) is 4.74 Å². The first-order valence-electron chi connectivity index (χ1n) is 6.85. The summed E-state index contributed by atoms with van der Waals surface area (Å²) in [5.41, 5.74) is 2.58. The van der Waals surface area contributed by atoms with E-state index in [0.29, 0.717) is 23.6 Å². The number of rotatable bonds is 4. The van der Waals surface area contributed by atoms with E-state index in [1.165, 1.54) is 7.11 Å². The van der Waals surface area contributed by atoms with E-state index in [1.807, 2.05) is 60.7 Å². The number of nitrogens with zero attached hydrogens (tertiary/aromatic N) is 2. The fourth-order valence-electron chi connectivity index (χ4n) is 2.26. The van der Waals surface area contributed by atoms with Gasteiger partial charge in [0, 0.05) is 11.1 Å². The molecule has 0 spiro atoms. The maximum absolute atomic E-state index is 11.4. The molecule has 0 unspecified atom stereocenters. The van der Waals surface area contributed by atoms with Crippen molar-refractivity contribution in [3.05, 3.63) is 66.4 Å². The highest BCUT2D eigenvalue weighted by molar-refractivity contribution is 5.83. The fraction of sp³-hybridized carbons (Fsp3) is 0.0556. The van der Waals surface area contributed by atoms with Crippen molar-refractivity contribution in [2.45, 2.75) is 0 Å². The van der Waals surface area contributed by atoms with Gasteiger partial charge in [-0.2, -0.15) is 0 Å². The fourth-order valence-corrected chi connectivity index (χ4v) is 2.26. The van der Waals surface area contributed by atoms with Crippen LogP contribution < -0.4 is 4.74 Å². The molecule has 3 rings (SSSR count). The van der Waals surface area contributed by atoms with Gasteiger partial charge < -0.3 is 4.74 Å². The van der Waals surface area contributed by atoms with Crippen molar-refractivity contribution in [3.63, 3.8) is 0 Å². The first-order chi connectivity index (χ1) is 10.8. The molecule has 0 saturated carbocycles. The van der Waals surface area contributed by atoms with E-state index < -0.39 is 0 Å². The molecule has 3 aromatic rings. The average molecular weight is 290 g/mol. The van der Waals surface area contributed by atoms with Crippen molar-refractivity contribution in [2.24, 2.45) is 0 Å². The second kappa shape index (κ2) is 6.18. The van der Waals surface area contributed by atoms with Crippen LogP contribution in [0, 0.1) is 0 Å². The zero-order valence-corrected chi connectivity index (χ0v) is 12.1. The average Bonchev–Trinajstić information content (AvgIpc) is 2.62. The summed E-state index contributed by atoms with van der Waals surface area (Å²) in [6.07, 6.45) is 0.694. The minimum atomic E-state index is 0.246. The molecule has 0 radical (unpaired) electrons. The third-order valence-electron chi connectivity index (χ3n) is 3.29. The number of aromatic nitrogens is 2. The van der Waals surface area contributed by atoms with Gasteiger partial charge in [0.2, 0.25) is 0 Å². The van der Waals surface area contributed by atoms with Crippen LogP contribution >= 0.6 is 0 Å². The molecule has 22 heavy (non-hydrogen) atoms. The van der Waals surface area contributed by atoms with Gasteiger partial charge in [0.25, 0.3) is 0 Å². The lowest BCUT2D eigenvalue weighted by Crippen LogP contribution is -2.02. The maximum Gasteiger partial charge on any atom is 0.174 e. The van der Waals surface area contributed by atoms with Crippen LogP contribution in [0.5, 0.6) is 5.75 Å². The van der Waals surface area contributed by atoms with Crippen LogP contribution in [0.15, 0.2) is 60.7 Å². The number of carbonyl (C=O) groups is 1. The summed E-state index contributed by atoms with van der Waals surface area (Å²) in [6, 6.07) is 19.2. The Balaban J connectivity index is 2.25. The molecule has 0 aliphatic rings. The zero-order valence-electron chi connectivity index (χ0n) is 12.1. The normalized spacial score (nSPS) is 10.2. The van der Waals surface area contributed by atoms with Crippen molar-refractivity contribution in [1.82, 2.24) is 9.97 Å². The molecule has 0 bridgehead atoms. The molecular formula is C18H14N2O2. The highest BCUT2D eigenvalue weighted by atomic mass is 16.5. The summed E-state index contributed by atoms with van der Waals surface area (Å²) in [4.78, 5) is 20.3. The van der Waals surface area contributed by atoms with Crippen LogP contribution in [0.1, 0.15) is 10.5 Å². The molecule has 4 heteroatoms. The Hall–Kier alpha value is -3.01. The number of ether oxygens (including phenoxy) is 1. The second-order valence-corrected chi connectivity index (χ2v) is 4.66. The minimum absolute atomic E-state index is 0.246. The molecule has 0 atom stereocenters. The molecule has 1 heterocycles. The second-order valence-electron chi connectivity index (χ2n) is 4.66. The lowest BCUT2D eigenvalue weighted by molar-refractivity contribution is 0.111. The Kier molecular flexibility index (Phi) is 3.92. The summed E-state index contributed by atoms with van der Waals surface area (Å²) in [6.45, 7) is 0. The zero-order chi connectivity index (χ0) is 15.4. The van der Waals surface area contributed by atoms with Gasteiger partial charge in [-0.1, -0.05) is 60.7 Å². The molecule has 2 aromatic carbocycles. The Morgan fingerprint density at radius 1 is 0.864 bits per heavy atom. The standard InChI is InChI=1S/C18H14N2O2/c1-22-17-15(12-21)19-18(14-10-6-3-7-11-14)20-16(17)13-8-4-2-5-9-13/h2-12H,1H3. The van der Waals surface area contributed by atoms with E-state index in [-0.39, 0.29) is 5.69 Å². The first kappa shape index (κ1) is 13.9. The van der Waals surface area contributed by atoms with E-state index in [9.17, 15) is 4.79 Å². The van der Waals surface area contributed by atoms with Crippen LogP contribution in [0.4, 0.5) is 0 Å². The lowest BCUT2D eigenvalue weighted by Gasteiger charge is -2.11. The van der Waals surface area contributed by atoms with Crippen LogP contribution in [-0.4, -0.2) is 23.4 Å². The molecule has 1 aromatic heterocycles. The molecule has 0 aliphatic carbocycles. The summed E-state index contributed by atoms with van der Waals surface area (Å²) >= 11 is 0. The molecule has 0 aliphatic heterocycles. The van der Waals surface area contributed by atoms with Crippen LogP contribution in [-0.2, 0) is 0 Å². The van der Waals surface area contributed by atoms with Crippen molar-refractivity contribution in [1.29, 1.82) is 0 Å². The van der Waals surface area contributed by atoms with Crippen molar-refractivity contribution >= 4 is 6.29 Å². The lowest BCUT2D eigenvalue weighted by atomic mass is 10.1. The number of aldehydes is 1. The first-order valence-corrected chi connectivity index (χ1v) is 6.85. The predicted octanol–water partition coefficient (Wildman–Crippen LogP) is 3.63. The largest absolute Gasteiger partial charge is 0.492 e. The van der Waals surface area contributed by atoms with Gasteiger partial charge in [-0.15, -0.1) is 0 Å². The van der Waals surface area contributed by atoms with E-state index in [2.05, 4.69) is 9.97 Å². The SMILES string of the molecule is COc1c(C=O)nc(-c2ccccc2)nc1-c1ccccc1. The molecule has 108 valence electrons. The summed E-state index contributed by atoms with van der Waals surface area (Å²) in [5, 5.41) is 0. The Morgan fingerprint density at radius 2 is 1.45 bits per heavy atom. The van der Waals surface area contributed by atoms with Crippen LogP contribution in [0.25, 0.3) is 22.6 Å². The van der Waals surface area contributed by atoms with Gasteiger partial charge in [-0.25, -0.2) is 9.97 Å². The van der Waals surface area contributed by atoms with Gasteiger partial charge in [-0.05, 0) is 0 Å². The highest BCUT2D eigenvalue weighted by Crippen LogP contribution is 2.31. The van der Waals surface area contributed by atoms with Crippen LogP contribution in [0.3, 0.4) is 0 Å². The van der Waals surface area contributed by atoms with Gasteiger partial charge in [-0.3, -0.25) is 4.79 Å². The number of methoxy groups -OCH3 is 1. The monoisotopic (exact) mass is 290 g/mol. The molecule has 4 nitrogen and oxygen atoms in total. The van der Waals surface area contributed by atoms with Crippen LogP contribution in [0.2, 0.25) is 0 Å². The third-order valence-corrected chi connectivity index (χ3v) is 3.29. The molecule has 0 N–H and O–H groups in total. The Bertz CT molecular complexity index is 787. The van der Waals surface area contributed by atoms with Crippen molar-refractivity contribution in [2.75, 3.05) is 7.11 Å². The van der Waals surface area contributed by atoms with Gasteiger partial charge >= 0.3 is 0 Å². The maximum atomic E-state index is 11.4. The number of carbonyl (C=O) groups excluding carboxylic acids is 1. The van der Waals surface area contributed by atoms with Gasteiger partial charge in [0.1, 0.15) is 11.4 Å². The quantitative estimate of drug-likeness (QED) is 0.688. The summed E-state index contributed by atoms with van der Waals surface area (Å²) in [7, 11) is 1.51. The van der Waals surface area contributed by atoms with Gasteiger partial charge in [0.15, 0.2) is 17.9 Å².